The number of aliphatic hydroxyl groups excluding tert-OH is 2. The van der Waals surface area contributed by atoms with Crippen LogP contribution in [0.3, 0.4) is 0 Å². The second kappa shape index (κ2) is 64.7. The van der Waals surface area contributed by atoms with Crippen LogP contribution in [0.1, 0.15) is 111 Å². The topological polar surface area (TPSA) is 499 Å². The molecule has 32 heteroatoms. The Morgan fingerprint density at radius 2 is 0.786 bits per heavy atom. The van der Waals surface area contributed by atoms with Crippen molar-refractivity contribution in [1.82, 2.24) is 0 Å². The molecule has 4 atom stereocenters. The van der Waals surface area contributed by atoms with E-state index in [0.29, 0.717) is 70.0 Å². The molecule has 391 valence electrons. The summed E-state index contributed by atoms with van der Waals surface area (Å²) in [6.07, 6.45) is 18.9. The fourth-order valence-electron chi connectivity index (χ4n) is 6.28. The second-order valence-corrected chi connectivity index (χ2v) is 14.1. The van der Waals surface area contributed by atoms with Crippen LogP contribution in [0.2, 0.25) is 0 Å². The van der Waals surface area contributed by atoms with E-state index >= 15 is 0 Å². The van der Waals surface area contributed by atoms with Crippen molar-refractivity contribution in [1.29, 1.82) is 0 Å². The van der Waals surface area contributed by atoms with Crippen molar-refractivity contribution in [3.05, 3.63) is 141 Å². The number of piperidine rings is 3. The molecule has 3 fully saturated rings. The normalized spacial score (nSPS) is 18.4. The van der Waals surface area contributed by atoms with Gasteiger partial charge in [-0.2, -0.15) is 0 Å². The van der Waals surface area contributed by atoms with Crippen LogP contribution in [-0.2, 0) is 68.3 Å². The average molecular weight is 1140 g/mol. The fourth-order valence-corrected chi connectivity index (χ4v) is 6.28. The summed E-state index contributed by atoms with van der Waals surface area (Å²) in [7, 11) is 0. The Morgan fingerprint density at radius 3 is 1.01 bits per heavy atom. The monoisotopic (exact) mass is 1140 g/mol. The Morgan fingerprint density at radius 1 is 0.514 bits per heavy atom. The van der Waals surface area contributed by atoms with E-state index in [1.54, 1.807) is 0 Å². The van der Waals surface area contributed by atoms with Crippen molar-refractivity contribution < 1.29 is 78.5 Å². The summed E-state index contributed by atoms with van der Waals surface area (Å²) in [6.45, 7) is 14.5. The maximum Gasteiger partial charge on any atom is 3.00 e. The van der Waals surface area contributed by atoms with Gasteiger partial charge in [0.2, 0.25) is 0 Å². The fraction of sp³-hybridized carbons (Fsp3) is 0.789. The maximum atomic E-state index is 10.1. The molecule has 3 radical (unpaired) electrons. The molecule has 4 aliphatic heterocycles. The first-order valence-electron chi connectivity index (χ1n) is 21.2. The quantitative estimate of drug-likeness (QED) is 0.0500. The van der Waals surface area contributed by atoms with Gasteiger partial charge in [0.05, 0.1) is 12.2 Å². The van der Waals surface area contributed by atoms with E-state index in [-0.39, 0.29) is 80.5 Å². The first-order valence-corrected chi connectivity index (χ1v) is 21.2. The van der Waals surface area contributed by atoms with E-state index in [0.717, 1.165) is 74.0 Å². The smallest absolute Gasteiger partial charge is 0.680 e. The van der Waals surface area contributed by atoms with Crippen LogP contribution < -0.4 is 0 Å². The molecule has 3 saturated heterocycles. The predicted octanol–water partition coefficient (Wildman–Crippen LogP) is 12.9. The zero-order valence-electron chi connectivity index (χ0n) is 39.9. The van der Waals surface area contributed by atoms with E-state index in [1.165, 1.54) is 68.0 Å². The number of hydrogen-bond donors (Lipinski definition) is 2. The number of rotatable bonds is 16. The predicted molar refractivity (Wildman–Crippen MR) is 266 cm³/mol. The molecular weight excluding hydrogens is 1080 g/mol. The Bertz CT molecular complexity index is 1530. The molecule has 0 saturated carbocycles. The van der Waals surface area contributed by atoms with Crippen molar-refractivity contribution >= 4 is 22.8 Å². The minimum atomic E-state index is -0.349. The van der Waals surface area contributed by atoms with E-state index < -0.39 is 0 Å². The number of nitrogens with zero attached hydrogens (tertiary/aromatic N) is 26. The molecule has 70 heavy (non-hydrogen) atoms. The minimum Gasteiger partial charge on any atom is -0.680 e. The third-order valence-electron chi connectivity index (χ3n) is 9.56. The maximum absolute atomic E-state index is 10.1. The van der Waals surface area contributed by atoms with Gasteiger partial charge in [-0.1, -0.05) is 88.1 Å². The van der Waals surface area contributed by atoms with Crippen LogP contribution in [-0.4, -0.2) is 116 Å². The number of aliphatic hydroxyl groups is 2. The van der Waals surface area contributed by atoms with E-state index in [9.17, 15) is 10.2 Å². The van der Waals surface area contributed by atoms with Crippen LogP contribution in [0.15, 0.2) is 43.9 Å². The molecule has 4 rings (SSSR count). The molecule has 4 aliphatic rings. The summed E-state index contributed by atoms with van der Waals surface area (Å²) in [4.78, 5) is 27.3. The number of aliphatic imine (C=N–C) groups is 4. The van der Waals surface area contributed by atoms with Gasteiger partial charge in [-0.3, -0.25) is 49.4 Å². The van der Waals surface area contributed by atoms with Crippen LogP contribution in [0.25, 0.3) is 117 Å². The first kappa shape index (κ1) is 82.6. The summed E-state index contributed by atoms with van der Waals surface area (Å²) >= 11 is 0. The minimum absolute atomic E-state index is 0. The molecule has 4 unspecified atom stereocenters. The SMILES string of the molecule is CC(=NCCC(O)CCN=C(C)C1CCCC[N-]1)C1=CC=CC[N-]1.CC(=NCCC(O)CCN=C(C)C1CCCC[N-]1)C1CCCC[N-]1.[Fe+3].[Fe+3].[Fe+3].[Fe].[N-]=[N+]=[N-].[N-]=[N+]=[N-].[N-]=[N+]=[N-].[N-]=[N+]=[N-].[N-]=[N+]=[N-].[N-]=[N+]=[N-]. The summed E-state index contributed by atoms with van der Waals surface area (Å²) in [6, 6.07) is 0.953. The zero-order chi connectivity index (χ0) is 50.6. The van der Waals surface area contributed by atoms with E-state index in [2.05, 4.69) is 62.0 Å². The third kappa shape index (κ3) is 54.6. The molecule has 0 aromatic rings. The van der Waals surface area contributed by atoms with Gasteiger partial charge < -0.3 is 97.9 Å². The number of allylic oxidation sites excluding steroid dienone is 3. The molecule has 0 bridgehead atoms. The summed E-state index contributed by atoms with van der Waals surface area (Å²) in [5.74, 6) is 0. The first-order chi connectivity index (χ1) is 31.8. The third-order valence-corrected chi connectivity index (χ3v) is 9.56. The summed E-state index contributed by atoms with van der Waals surface area (Å²) in [5.41, 5.74) is 86.3. The summed E-state index contributed by atoms with van der Waals surface area (Å²) < 4.78 is 0. The van der Waals surface area contributed by atoms with Crippen LogP contribution >= 0.6 is 0 Å². The Hall–Kier alpha value is -4.30. The molecule has 0 aromatic carbocycles. The average Bonchev–Trinajstić information content (AvgIpc) is 3.32. The van der Waals surface area contributed by atoms with E-state index in [4.69, 9.17) is 66.4 Å². The van der Waals surface area contributed by atoms with Crippen LogP contribution in [0.4, 0.5) is 0 Å². The van der Waals surface area contributed by atoms with Gasteiger partial charge in [0, 0.05) is 49.0 Å². The van der Waals surface area contributed by atoms with Gasteiger partial charge in [0.1, 0.15) is 0 Å². The standard InChI is InChI=1S/C19H34N4O.C19H30N4O.4Fe.6N3/c2*1-15(18-7-3-5-11-22-18)20-13-9-17(24)10-14-21-16(2)19-8-4-6-12-23-19;;;;;6*1-3-2/h17-19,24H,3-14H2,1-2H3;3,5,7,17,19,24H,4,6,8-14H2,1-2H3;;;;;;;;;;/q2*-2;;3*+3;6*-1. The number of hydrogen-bond acceptors (Lipinski definition) is 6. The van der Waals surface area contributed by atoms with Crippen LogP contribution in [0.5, 0.6) is 0 Å². The van der Waals surface area contributed by atoms with Crippen molar-refractivity contribution in [2.75, 3.05) is 52.4 Å². The van der Waals surface area contributed by atoms with E-state index in [1.807, 2.05) is 25.2 Å². The van der Waals surface area contributed by atoms with Gasteiger partial charge in [0.25, 0.3) is 0 Å². The Kier molecular flexibility index (Phi) is 76.3. The molecule has 0 amide bonds. The van der Waals surface area contributed by atoms with Crippen molar-refractivity contribution in [2.45, 2.75) is 141 Å². The van der Waals surface area contributed by atoms with Crippen molar-refractivity contribution in [2.24, 2.45) is 20.0 Å². The van der Waals surface area contributed by atoms with Gasteiger partial charge >= 0.3 is 51.2 Å². The largest absolute Gasteiger partial charge is 3.00 e. The second-order valence-electron chi connectivity index (χ2n) is 14.1. The Balaban J connectivity index is -0.000000131. The molecule has 0 aromatic heterocycles. The molecule has 0 spiro atoms. The van der Waals surface area contributed by atoms with Crippen molar-refractivity contribution in [3.8, 4) is 0 Å². The van der Waals surface area contributed by atoms with Gasteiger partial charge in [0.15, 0.2) is 0 Å². The molecular formula is C38H64Fe4N26O2-. The molecule has 0 aliphatic carbocycles. The van der Waals surface area contributed by atoms with Gasteiger partial charge in [-0.15, -0.1) is 38.0 Å². The van der Waals surface area contributed by atoms with Gasteiger partial charge in [-0.05, 0) is 70.5 Å². The summed E-state index contributed by atoms with van der Waals surface area (Å²) in [5, 5.41) is 38.4. The van der Waals surface area contributed by atoms with Gasteiger partial charge in [-0.25, -0.2) is 0 Å². The van der Waals surface area contributed by atoms with Crippen LogP contribution in [0, 0.1) is 0 Å². The molecule has 2 N–H and O–H groups in total. The Labute approximate surface area is 453 Å². The zero-order valence-corrected chi connectivity index (χ0v) is 44.3. The molecule has 28 nitrogen and oxygen atoms in total. The van der Waals surface area contributed by atoms with Crippen molar-refractivity contribution in [3.63, 3.8) is 0 Å². The molecule has 4 heterocycles.